The van der Waals surface area contributed by atoms with E-state index < -0.39 is 32.5 Å². The molecule has 4 N–H and O–H groups in total. The van der Waals surface area contributed by atoms with Gasteiger partial charge in [-0.1, -0.05) is 25.7 Å². The van der Waals surface area contributed by atoms with Crippen LogP contribution in [-0.4, -0.2) is 67.1 Å². The monoisotopic (exact) mass is 476 g/mol. The Kier molecular flexibility index (Phi) is 12.2. The van der Waals surface area contributed by atoms with E-state index in [2.05, 4.69) is 0 Å². The summed E-state index contributed by atoms with van der Waals surface area (Å²) in [5.41, 5.74) is 6.32. The van der Waals surface area contributed by atoms with E-state index in [1.165, 1.54) is 0 Å². The minimum Gasteiger partial charge on any atom is -0.804 e. The number of anilines is 1. The van der Waals surface area contributed by atoms with E-state index in [0.717, 1.165) is 37.9 Å². The number of quaternary nitrogens is 1. The summed E-state index contributed by atoms with van der Waals surface area (Å²) in [6, 6.07) is 7.26. The molecule has 0 fully saturated rings. The van der Waals surface area contributed by atoms with Gasteiger partial charge in [-0.3, -0.25) is 13.8 Å². The van der Waals surface area contributed by atoms with Crippen molar-refractivity contribution < 1.29 is 42.7 Å². The lowest BCUT2D eigenvalue weighted by Gasteiger charge is -2.42. The minimum absolute atomic E-state index is 0.0122. The van der Waals surface area contributed by atoms with Crippen LogP contribution in [0, 0.1) is 0 Å². The van der Waals surface area contributed by atoms with Crippen LogP contribution in [0.3, 0.4) is 0 Å². The van der Waals surface area contributed by atoms with Gasteiger partial charge in [0.15, 0.2) is 0 Å². The van der Waals surface area contributed by atoms with Crippen molar-refractivity contribution in [2.45, 2.75) is 57.3 Å². The van der Waals surface area contributed by atoms with E-state index in [1.807, 2.05) is 12.1 Å². The Labute approximate surface area is 190 Å². The molecule has 0 aliphatic heterocycles. The number of rotatable bonds is 17. The Balaban J connectivity index is 2.18. The maximum Gasteiger partial charge on any atom is 0.472 e. The highest BCUT2D eigenvalue weighted by atomic mass is 31.2. The topological polar surface area (TPSA) is 151 Å². The van der Waals surface area contributed by atoms with E-state index in [1.54, 1.807) is 33.3 Å². The lowest BCUT2D eigenvalue weighted by atomic mass is 10.1. The first-order valence-electron chi connectivity index (χ1n) is 10.7. The average molecular weight is 477 g/mol. The molecule has 2 unspecified atom stereocenters. The molecule has 10 nitrogen and oxygen atoms in total. The number of benzene rings is 1. The molecule has 0 spiro atoms. The Morgan fingerprint density at radius 3 is 2.12 bits per heavy atom. The van der Waals surface area contributed by atoms with Crippen molar-refractivity contribution >= 4 is 19.5 Å². The molecule has 0 heterocycles. The number of hydrogen-bond acceptors (Lipinski definition) is 7. The predicted octanol–water partition coefficient (Wildman–Crippen LogP) is 2.36. The molecule has 184 valence electrons. The molecule has 1 aromatic carbocycles. The summed E-state index contributed by atoms with van der Waals surface area (Å²) in [5, 5.41) is 21.3. The number of phosphoric ester groups is 1. The lowest BCUT2D eigenvalue weighted by Crippen LogP contribution is -2.60. The fourth-order valence-electron chi connectivity index (χ4n) is 2.91. The van der Waals surface area contributed by atoms with Gasteiger partial charge in [-0.15, -0.1) is 0 Å². The summed E-state index contributed by atoms with van der Waals surface area (Å²) >= 11 is 0. The smallest absolute Gasteiger partial charge is 0.472 e. The predicted molar refractivity (Wildman–Crippen MR) is 119 cm³/mol. The molecule has 1 aromatic rings. The number of likely N-dealkylation sites (N-methyl/N-ethyl adjacent to an activating group) is 1. The molecule has 0 saturated carbocycles. The van der Waals surface area contributed by atoms with Gasteiger partial charge in [0.1, 0.15) is 11.9 Å². The van der Waals surface area contributed by atoms with Crippen LogP contribution in [0.15, 0.2) is 24.3 Å². The first-order valence-corrected chi connectivity index (χ1v) is 12.2. The Bertz CT molecular complexity index is 724. The maximum atomic E-state index is 12.4. The number of hydrogen-bond donors (Lipinski definition) is 3. The second-order valence-corrected chi connectivity index (χ2v) is 10.00. The second kappa shape index (κ2) is 13.8. The van der Waals surface area contributed by atoms with Crippen LogP contribution in [-0.2, 0) is 18.4 Å². The number of unbranched alkanes of at least 4 members (excludes halogenated alkanes) is 5. The van der Waals surface area contributed by atoms with Crippen molar-refractivity contribution in [1.82, 2.24) is 0 Å². The highest BCUT2D eigenvalue weighted by Gasteiger charge is 2.34. The number of ether oxygens (including phenoxy) is 1. The van der Waals surface area contributed by atoms with Crippen LogP contribution >= 0.6 is 7.82 Å². The fraction of sp³-hybridized carbons (Fsp3) is 0.667. The molecular formula is C21H37N2O8P. The zero-order chi connectivity index (χ0) is 24.2. The van der Waals surface area contributed by atoms with Gasteiger partial charge in [-0.2, -0.15) is 0 Å². The molecule has 0 aliphatic carbocycles. The van der Waals surface area contributed by atoms with Gasteiger partial charge < -0.3 is 30.1 Å². The summed E-state index contributed by atoms with van der Waals surface area (Å²) in [4.78, 5) is 20.9. The van der Waals surface area contributed by atoms with Gasteiger partial charge in [0.2, 0.25) is 0 Å². The Hall–Kier alpha value is -1.68. The van der Waals surface area contributed by atoms with Gasteiger partial charge in [0, 0.05) is 11.9 Å². The largest absolute Gasteiger partial charge is 0.804 e. The number of carbonyl (C=O) groups is 1. The van der Waals surface area contributed by atoms with Crippen molar-refractivity contribution in [3.8, 4) is 5.75 Å². The zero-order valence-electron chi connectivity index (χ0n) is 19.1. The van der Waals surface area contributed by atoms with Crippen LogP contribution in [0.5, 0.6) is 5.75 Å². The number of aliphatic carboxylic acids is 1. The highest BCUT2D eigenvalue weighted by molar-refractivity contribution is 7.47. The molecule has 0 aromatic heterocycles. The summed E-state index contributed by atoms with van der Waals surface area (Å²) < 4.78 is 27.4. The summed E-state index contributed by atoms with van der Waals surface area (Å²) in [6.45, 7) is 0.616. The van der Waals surface area contributed by atoms with E-state index in [-0.39, 0.29) is 11.1 Å². The SMILES string of the molecule is C[N+](C)(C)C([O-])[C@@H](CC(=O)O)OP(=O)(O)OCCCCCCCCOc1ccc(N)cc1. The average Bonchev–Trinajstić information content (AvgIpc) is 2.68. The number of nitrogen functional groups attached to an aromatic ring is 1. The number of carboxylic acids is 1. The molecule has 0 aliphatic rings. The molecule has 3 atom stereocenters. The van der Waals surface area contributed by atoms with Gasteiger partial charge in [-0.05, 0) is 37.1 Å². The summed E-state index contributed by atoms with van der Waals surface area (Å²) in [6.07, 6.45) is 1.50. The lowest BCUT2D eigenvalue weighted by molar-refractivity contribution is -0.973. The Morgan fingerprint density at radius 2 is 1.59 bits per heavy atom. The van der Waals surface area contributed by atoms with Crippen LogP contribution in [0.1, 0.15) is 44.9 Å². The van der Waals surface area contributed by atoms with Crippen LogP contribution < -0.4 is 15.6 Å². The normalized spacial score (nSPS) is 15.7. The first kappa shape index (κ1) is 28.4. The third kappa shape index (κ3) is 12.4. The summed E-state index contributed by atoms with van der Waals surface area (Å²) in [7, 11) is 0.147. The maximum absolute atomic E-state index is 12.4. The minimum atomic E-state index is -4.53. The van der Waals surface area contributed by atoms with E-state index in [4.69, 9.17) is 24.6 Å². The van der Waals surface area contributed by atoms with Gasteiger partial charge >= 0.3 is 13.8 Å². The van der Waals surface area contributed by atoms with Crippen LogP contribution in [0.4, 0.5) is 5.69 Å². The van der Waals surface area contributed by atoms with Crippen LogP contribution in [0.25, 0.3) is 0 Å². The molecule has 0 radical (unpaired) electrons. The Morgan fingerprint density at radius 1 is 1.06 bits per heavy atom. The van der Waals surface area contributed by atoms with E-state index in [9.17, 15) is 19.4 Å². The van der Waals surface area contributed by atoms with Gasteiger partial charge in [0.05, 0.1) is 40.8 Å². The molecule has 0 amide bonds. The standard InChI is InChI=1S/C21H37N2O8P/c1-23(2,3)21(26)19(16-20(24)25)31-32(27,28)30-15-9-7-5-4-6-8-14-29-18-12-10-17(22)11-13-18/h10-13,19,21H,4-9,14-16,22H2,1-3H3,(H,24,25)(H,27,28)/t19-,21?/m1/s1. The van der Waals surface area contributed by atoms with Gasteiger partial charge in [-0.25, -0.2) is 4.57 Å². The molecule has 0 saturated heterocycles. The zero-order valence-corrected chi connectivity index (χ0v) is 20.0. The quantitative estimate of drug-likeness (QED) is 0.101. The summed E-state index contributed by atoms with van der Waals surface area (Å²) in [5.74, 6) is -0.495. The fourth-order valence-corrected chi connectivity index (χ4v) is 3.85. The van der Waals surface area contributed by atoms with Gasteiger partial charge in [0.25, 0.3) is 0 Å². The number of nitrogens with zero attached hydrogens (tertiary/aromatic N) is 1. The number of nitrogens with two attached hydrogens (primary N) is 1. The third-order valence-corrected chi connectivity index (χ3v) is 5.71. The first-order chi connectivity index (χ1) is 14.9. The number of carboxylic acid groups (broad SMARTS) is 1. The van der Waals surface area contributed by atoms with E-state index >= 15 is 0 Å². The van der Waals surface area contributed by atoms with Crippen LogP contribution in [0.2, 0.25) is 0 Å². The molecule has 0 bridgehead atoms. The molecule has 32 heavy (non-hydrogen) atoms. The van der Waals surface area contributed by atoms with Crippen molar-refractivity contribution in [2.75, 3.05) is 40.1 Å². The second-order valence-electron chi connectivity index (χ2n) is 8.59. The number of phosphoric acid groups is 1. The van der Waals surface area contributed by atoms with Crippen molar-refractivity contribution in [3.63, 3.8) is 0 Å². The van der Waals surface area contributed by atoms with Crippen molar-refractivity contribution in [2.24, 2.45) is 0 Å². The highest BCUT2D eigenvalue weighted by Crippen LogP contribution is 2.45. The molecule has 1 rings (SSSR count). The molecular weight excluding hydrogens is 439 g/mol. The van der Waals surface area contributed by atoms with Crippen molar-refractivity contribution in [1.29, 1.82) is 0 Å². The van der Waals surface area contributed by atoms with E-state index in [0.29, 0.717) is 18.7 Å². The van der Waals surface area contributed by atoms with Crippen molar-refractivity contribution in [3.05, 3.63) is 24.3 Å². The molecule has 11 heteroatoms. The third-order valence-electron chi connectivity index (χ3n) is 4.67.